The van der Waals surface area contributed by atoms with Crippen molar-refractivity contribution >= 4 is 40.6 Å². The summed E-state index contributed by atoms with van der Waals surface area (Å²) in [6, 6.07) is 11.7. The molecule has 0 aliphatic rings. The number of hydrogen-bond donors (Lipinski definition) is 1. The minimum absolute atomic E-state index is 0.0773. The van der Waals surface area contributed by atoms with Gasteiger partial charge in [-0.1, -0.05) is 65.1 Å². The molecule has 2 rings (SSSR count). The molecule has 0 aliphatic heterocycles. The van der Waals surface area contributed by atoms with Gasteiger partial charge in [0.05, 0.1) is 10.0 Å². The Morgan fingerprint density at radius 2 is 1.72 bits per heavy atom. The van der Waals surface area contributed by atoms with Crippen LogP contribution < -0.4 is 5.32 Å². The fraction of sp³-hybridized carbons (Fsp3) is 0.154. The van der Waals surface area contributed by atoms with Crippen LogP contribution in [-0.2, 0) is 0 Å². The topological polar surface area (TPSA) is 24.9 Å². The van der Waals surface area contributed by atoms with Crippen molar-refractivity contribution in [1.82, 2.24) is 4.98 Å². The van der Waals surface area contributed by atoms with Crippen molar-refractivity contribution in [2.45, 2.75) is 13.0 Å². The van der Waals surface area contributed by atoms with Crippen molar-refractivity contribution in [3.8, 4) is 0 Å². The van der Waals surface area contributed by atoms with Gasteiger partial charge in [0.2, 0.25) is 0 Å². The third-order valence-electron chi connectivity index (χ3n) is 2.54. The second-order valence-corrected chi connectivity index (χ2v) is 5.04. The molecule has 2 nitrogen and oxygen atoms in total. The van der Waals surface area contributed by atoms with Gasteiger partial charge in [0.1, 0.15) is 11.0 Å². The van der Waals surface area contributed by atoms with E-state index in [-0.39, 0.29) is 11.2 Å². The zero-order valence-corrected chi connectivity index (χ0v) is 11.9. The Balaban J connectivity index is 2.22. The van der Waals surface area contributed by atoms with E-state index in [9.17, 15) is 0 Å². The highest BCUT2D eigenvalue weighted by Gasteiger charge is 2.11. The van der Waals surface area contributed by atoms with E-state index < -0.39 is 0 Å². The van der Waals surface area contributed by atoms with Gasteiger partial charge in [-0.25, -0.2) is 4.98 Å². The van der Waals surface area contributed by atoms with Crippen LogP contribution in [0.2, 0.25) is 15.2 Å². The number of benzene rings is 1. The average molecular weight is 302 g/mol. The Morgan fingerprint density at radius 1 is 1.06 bits per heavy atom. The highest BCUT2D eigenvalue weighted by Crippen LogP contribution is 2.30. The molecule has 0 aliphatic carbocycles. The summed E-state index contributed by atoms with van der Waals surface area (Å²) in [5, 5.41) is 4.25. The van der Waals surface area contributed by atoms with E-state index in [1.807, 2.05) is 37.3 Å². The minimum atomic E-state index is 0.0773. The van der Waals surface area contributed by atoms with Crippen LogP contribution in [0.3, 0.4) is 0 Å². The molecule has 0 fully saturated rings. The van der Waals surface area contributed by atoms with Crippen LogP contribution >= 0.6 is 34.8 Å². The molecule has 5 heteroatoms. The minimum Gasteiger partial charge on any atom is -0.362 e. The van der Waals surface area contributed by atoms with E-state index in [4.69, 9.17) is 34.8 Å². The van der Waals surface area contributed by atoms with Gasteiger partial charge in [-0.05, 0) is 18.6 Å². The van der Waals surface area contributed by atoms with E-state index in [1.165, 1.54) is 0 Å². The first-order chi connectivity index (χ1) is 8.58. The van der Waals surface area contributed by atoms with Gasteiger partial charge in [0.25, 0.3) is 0 Å². The quantitative estimate of drug-likeness (QED) is 0.787. The van der Waals surface area contributed by atoms with Crippen LogP contribution in [0, 0.1) is 0 Å². The molecule has 0 spiro atoms. The summed E-state index contributed by atoms with van der Waals surface area (Å²) in [5.41, 5.74) is 1.14. The molecule has 1 atom stereocenters. The van der Waals surface area contributed by atoms with Crippen LogP contribution in [0.1, 0.15) is 18.5 Å². The molecule has 0 saturated heterocycles. The molecule has 1 heterocycles. The third-order valence-corrected chi connectivity index (χ3v) is 3.50. The molecular formula is C13H11Cl3N2. The number of anilines is 1. The second kappa shape index (κ2) is 5.79. The lowest BCUT2D eigenvalue weighted by Gasteiger charge is -2.16. The van der Waals surface area contributed by atoms with Gasteiger partial charge < -0.3 is 5.32 Å². The summed E-state index contributed by atoms with van der Waals surface area (Å²) >= 11 is 17.8. The predicted octanol–water partition coefficient (Wildman–Crippen LogP) is 5.21. The van der Waals surface area contributed by atoms with Gasteiger partial charge in [-0.2, -0.15) is 0 Å². The standard InChI is InChI=1S/C13H11Cl3N2/c1-8(9-5-3-2-4-6-9)17-13-11(15)7-10(14)12(16)18-13/h2-8H,1H3,(H,17,18). The third kappa shape index (κ3) is 3.08. The molecule has 2 aromatic rings. The highest BCUT2D eigenvalue weighted by atomic mass is 35.5. The van der Waals surface area contributed by atoms with Crippen molar-refractivity contribution in [3.05, 3.63) is 57.2 Å². The Bertz CT molecular complexity index is 543. The van der Waals surface area contributed by atoms with E-state index >= 15 is 0 Å². The number of rotatable bonds is 3. The fourth-order valence-corrected chi connectivity index (χ4v) is 2.13. The monoisotopic (exact) mass is 300 g/mol. The SMILES string of the molecule is CC(Nc1nc(Cl)c(Cl)cc1Cl)c1ccccc1. The Labute approximate surface area is 121 Å². The lowest BCUT2D eigenvalue weighted by atomic mass is 10.1. The Morgan fingerprint density at radius 3 is 2.39 bits per heavy atom. The lowest BCUT2D eigenvalue weighted by Crippen LogP contribution is -2.08. The molecular weight excluding hydrogens is 291 g/mol. The van der Waals surface area contributed by atoms with E-state index in [0.717, 1.165) is 5.56 Å². The molecule has 1 unspecified atom stereocenters. The first-order valence-corrected chi connectivity index (χ1v) is 6.54. The van der Waals surface area contributed by atoms with Gasteiger partial charge >= 0.3 is 0 Å². The summed E-state index contributed by atoms with van der Waals surface area (Å²) in [6.45, 7) is 2.02. The first kappa shape index (κ1) is 13.5. The van der Waals surface area contributed by atoms with Crippen LogP contribution in [0.25, 0.3) is 0 Å². The Hall–Kier alpha value is -0.960. The number of nitrogens with one attached hydrogen (secondary N) is 1. The summed E-state index contributed by atoms with van der Waals surface area (Å²) in [5.74, 6) is 0.530. The summed E-state index contributed by atoms with van der Waals surface area (Å²) in [6.07, 6.45) is 0. The molecule has 18 heavy (non-hydrogen) atoms. The van der Waals surface area contributed by atoms with Gasteiger partial charge in [-0.15, -0.1) is 0 Å². The van der Waals surface area contributed by atoms with Gasteiger partial charge in [0, 0.05) is 6.04 Å². The largest absolute Gasteiger partial charge is 0.362 e. The van der Waals surface area contributed by atoms with Gasteiger partial charge in [0.15, 0.2) is 0 Å². The molecule has 0 saturated carbocycles. The molecule has 0 bridgehead atoms. The number of halogens is 3. The first-order valence-electron chi connectivity index (χ1n) is 5.41. The smallest absolute Gasteiger partial charge is 0.150 e. The second-order valence-electron chi connectivity index (χ2n) is 3.87. The van der Waals surface area contributed by atoms with Crippen LogP contribution in [-0.4, -0.2) is 4.98 Å². The van der Waals surface area contributed by atoms with Crippen molar-refractivity contribution in [1.29, 1.82) is 0 Å². The summed E-state index contributed by atoms with van der Waals surface area (Å²) in [7, 11) is 0. The number of hydrogen-bond acceptors (Lipinski definition) is 2. The maximum Gasteiger partial charge on any atom is 0.150 e. The molecule has 94 valence electrons. The maximum absolute atomic E-state index is 6.06. The lowest BCUT2D eigenvalue weighted by molar-refractivity contribution is 0.875. The number of nitrogens with zero attached hydrogens (tertiary/aromatic N) is 1. The number of pyridine rings is 1. The van der Waals surface area contributed by atoms with Crippen molar-refractivity contribution in [2.75, 3.05) is 5.32 Å². The normalized spacial score (nSPS) is 12.2. The highest BCUT2D eigenvalue weighted by molar-refractivity contribution is 6.42. The molecule has 1 aromatic carbocycles. The fourth-order valence-electron chi connectivity index (χ4n) is 1.58. The van der Waals surface area contributed by atoms with Gasteiger partial charge in [-0.3, -0.25) is 0 Å². The van der Waals surface area contributed by atoms with E-state index in [1.54, 1.807) is 6.07 Å². The number of aromatic nitrogens is 1. The molecule has 0 amide bonds. The van der Waals surface area contributed by atoms with Crippen LogP contribution in [0.15, 0.2) is 36.4 Å². The summed E-state index contributed by atoms with van der Waals surface area (Å²) in [4.78, 5) is 4.13. The Kier molecular flexibility index (Phi) is 4.33. The van der Waals surface area contributed by atoms with Crippen molar-refractivity contribution in [3.63, 3.8) is 0 Å². The molecule has 1 aromatic heterocycles. The average Bonchev–Trinajstić information content (AvgIpc) is 2.37. The molecule has 0 radical (unpaired) electrons. The maximum atomic E-state index is 6.06. The zero-order valence-electron chi connectivity index (χ0n) is 9.62. The van der Waals surface area contributed by atoms with E-state index in [0.29, 0.717) is 15.9 Å². The molecule has 1 N–H and O–H groups in total. The summed E-state index contributed by atoms with van der Waals surface area (Å²) < 4.78 is 0. The zero-order chi connectivity index (χ0) is 13.1. The van der Waals surface area contributed by atoms with Crippen molar-refractivity contribution in [2.24, 2.45) is 0 Å². The predicted molar refractivity (Wildman–Crippen MR) is 77.7 cm³/mol. The van der Waals surface area contributed by atoms with Crippen LogP contribution in [0.4, 0.5) is 5.82 Å². The van der Waals surface area contributed by atoms with E-state index in [2.05, 4.69) is 10.3 Å². The van der Waals surface area contributed by atoms with Crippen LogP contribution in [0.5, 0.6) is 0 Å². The van der Waals surface area contributed by atoms with Crippen molar-refractivity contribution < 1.29 is 0 Å².